The molecule has 9 nitrogen and oxygen atoms in total. The van der Waals surface area contributed by atoms with Gasteiger partial charge in [-0.3, -0.25) is 23.9 Å². The molecule has 0 saturated carbocycles. The van der Waals surface area contributed by atoms with Crippen LogP contribution in [0.1, 0.15) is 21.9 Å². The quantitative estimate of drug-likeness (QED) is 0.571. The summed E-state index contributed by atoms with van der Waals surface area (Å²) in [7, 11) is 0. The highest BCUT2D eigenvalue weighted by atomic mass is 16.2. The minimum Gasteiger partial charge on any atom is -0.363 e. The average Bonchev–Trinajstić information content (AvgIpc) is 3.09. The molecule has 0 fully saturated rings. The normalized spacial score (nSPS) is 11.6. The SMILES string of the molecule is Cc1cnc(C(=O)NC(Cc2ccncc2)C(=O)C(N)=O)n1-c1ccccn1. The Kier molecular flexibility index (Phi) is 5.54. The average molecular weight is 378 g/mol. The lowest BCUT2D eigenvalue weighted by molar-refractivity contribution is -0.137. The molecule has 0 aromatic carbocycles. The van der Waals surface area contributed by atoms with E-state index in [0.29, 0.717) is 11.5 Å². The maximum absolute atomic E-state index is 12.8. The number of carbonyl (C=O) groups is 3. The second-order valence-electron chi connectivity index (χ2n) is 6.06. The van der Waals surface area contributed by atoms with Crippen LogP contribution in [0.4, 0.5) is 0 Å². The number of hydrogen-bond acceptors (Lipinski definition) is 6. The molecule has 2 amide bonds. The standard InChI is InChI=1S/C19H18N6O3/c1-12-11-23-18(25(12)15-4-2-3-7-22-15)19(28)24-14(16(26)17(20)27)10-13-5-8-21-9-6-13/h2-9,11,14H,10H2,1H3,(H2,20,27)(H,24,28). The lowest BCUT2D eigenvalue weighted by atomic mass is 10.0. The van der Waals surface area contributed by atoms with E-state index in [1.165, 1.54) is 6.20 Å². The van der Waals surface area contributed by atoms with Crippen LogP contribution in [0, 0.1) is 6.92 Å². The summed E-state index contributed by atoms with van der Waals surface area (Å²) in [5.74, 6) is -2.07. The summed E-state index contributed by atoms with van der Waals surface area (Å²) in [5, 5.41) is 2.57. The fraction of sp³-hybridized carbons (Fsp3) is 0.158. The Bertz CT molecular complexity index is 1000. The molecule has 0 bridgehead atoms. The van der Waals surface area contributed by atoms with E-state index < -0.39 is 23.6 Å². The van der Waals surface area contributed by atoms with Gasteiger partial charge in [-0.25, -0.2) is 9.97 Å². The number of amides is 2. The highest BCUT2D eigenvalue weighted by molar-refractivity contribution is 6.38. The number of nitrogens with zero attached hydrogens (tertiary/aromatic N) is 4. The van der Waals surface area contributed by atoms with Crippen molar-refractivity contribution in [1.29, 1.82) is 0 Å². The fourth-order valence-electron chi connectivity index (χ4n) is 2.73. The molecule has 3 aromatic rings. The van der Waals surface area contributed by atoms with Crippen LogP contribution < -0.4 is 11.1 Å². The molecule has 0 aliphatic heterocycles. The third-order valence-corrected chi connectivity index (χ3v) is 4.07. The second-order valence-corrected chi connectivity index (χ2v) is 6.06. The van der Waals surface area contributed by atoms with E-state index in [2.05, 4.69) is 20.3 Å². The first-order valence-electron chi connectivity index (χ1n) is 8.46. The van der Waals surface area contributed by atoms with Crippen LogP contribution in [0.25, 0.3) is 5.82 Å². The van der Waals surface area contributed by atoms with Gasteiger partial charge in [-0.05, 0) is 36.8 Å². The van der Waals surface area contributed by atoms with Crippen molar-refractivity contribution in [3.63, 3.8) is 0 Å². The first-order valence-corrected chi connectivity index (χ1v) is 8.46. The maximum Gasteiger partial charge on any atom is 0.288 e. The monoisotopic (exact) mass is 378 g/mol. The number of ketones is 1. The van der Waals surface area contributed by atoms with Crippen molar-refractivity contribution in [3.8, 4) is 5.82 Å². The third kappa shape index (κ3) is 4.09. The van der Waals surface area contributed by atoms with Crippen molar-refractivity contribution in [3.05, 3.63) is 72.2 Å². The zero-order valence-corrected chi connectivity index (χ0v) is 15.1. The van der Waals surface area contributed by atoms with Crippen molar-refractivity contribution < 1.29 is 14.4 Å². The largest absolute Gasteiger partial charge is 0.363 e. The van der Waals surface area contributed by atoms with Crippen LogP contribution in [-0.4, -0.2) is 43.2 Å². The topological polar surface area (TPSA) is 133 Å². The van der Waals surface area contributed by atoms with Gasteiger partial charge in [-0.1, -0.05) is 6.07 Å². The van der Waals surface area contributed by atoms with Gasteiger partial charge >= 0.3 is 0 Å². The summed E-state index contributed by atoms with van der Waals surface area (Å²) < 4.78 is 1.56. The molecule has 3 rings (SSSR count). The Morgan fingerprint density at radius 1 is 1.11 bits per heavy atom. The number of carbonyl (C=O) groups excluding carboxylic acids is 3. The fourth-order valence-corrected chi connectivity index (χ4v) is 2.73. The minimum absolute atomic E-state index is 0.0493. The third-order valence-electron chi connectivity index (χ3n) is 4.07. The highest BCUT2D eigenvalue weighted by Gasteiger charge is 2.28. The number of imidazole rings is 1. The van der Waals surface area contributed by atoms with Crippen LogP contribution in [0.2, 0.25) is 0 Å². The Labute approximate surface area is 160 Å². The van der Waals surface area contributed by atoms with Crippen LogP contribution in [0.15, 0.2) is 55.1 Å². The Hall–Kier alpha value is -3.88. The molecule has 28 heavy (non-hydrogen) atoms. The summed E-state index contributed by atoms with van der Waals surface area (Å²) in [5.41, 5.74) is 6.56. The number of Topliss-reactive ketones (excluding diaryl/α,β-unsaturated/α-hetero) is 1. The molecule has 3 heterocycles. The number of rotatable bonds is 7. The molecule has 3 N–H and O–H groups in total. The van der Waals surface area contributed by atoms with Gasteiger partial charge in [-0.2, -0.15) is 0 Å². The number of nitrogens with two attached hydrogens (primary N) is 1. The van der Waals surface area contributed by atoms with Crippen molar-refractivity contribution >= 4 is 17.6 Å². The van der Waals surface area contributed by atoms with Gasteiger partial charge in [0, 0.05) is 36.9 Å². The zero-order chi connectivity index (χ0) is 20.1. The molecule has 0 spiro atoms. The maximum atomic E-state index is 12.8. The Morgan fingerprint density at radius 2 is 1.86 bits per heavy atom. The van der Waals surface area contributed by atoms with Gasteiger partial charge in [0.2, 0.25) is 11.6 Å². The summed E-state index contributed by atoms with van der Waals surface area (Å²) in [4.78, 5) is 48.8. The molecular formula is C19H18N6O3. The number of primary amides is 1. The van der Waals surface area contributed by atoms with Gasteiger partial charge in [0.25, 0.3) is 11.8 Å². The van der Waals surface area contributed by atoms with Gasteiger partial charge in [0.15, 0.2) is 0 Å². The van der Waals surface area contributed by atoms with Crippen molar-refractivity contribution in [2.45, 2.75) is 19.4 Å². The predicted octanol–water partition coefficient (Wildman–Crippen LogP) is 0.366. The van der Waals surface area contributed by atoms with E-state index in [1.807, 2.05) is 0 Å². The molecule has 0 aliphatic rings. The minimum atomic E-state index is -1.12. The van der Waals surface area contributed by atoms with E-state index >= 15 is 0 Å². The predicted molar refractivity (Wildman–Crippen MR) is 99.5 cm³/mol. The van der Waals surface area contributed by atoms with Crippen molar-refractivity contribution in [1.82, 2.24) is 24.8 Å². The molecule has 1 atom stereocenters. The van der Waals surface area contributed by atoms with Crippen molar-refractivity contribution in [2.75, 3.05) is 0 Å². The highest BCUT2D eigenvalue weighted by Crippen LogP contribution is 2.13. The summed E-state index contributed by atoms with van der Waals surface area (Å²) in [6, 6.07) is 7.52. The number of pyridine rings is 2. The molecule has 142 valence electrons. The first-order chi connectivity index (χ1) is 13.5. The number of aromatic nitrogens is 4. The lowest BCUT2D eigenvalue weighted by Crippen LogP contribution is -2.47. The summed E-state index contributed by atoms with van der Waals surface area (Å²) in [6.45, 7) is 1.78. The second kappa shape index (κ2) is 8.21. The molecule has 1 unspecified atom stereocenters. The van der Waals surface area contributed by atoms with E-state index in [0.717, 1.165) is 5.56 Å². The van der Waals surface area contributed by atoms with Gasteiger partial charge in [-0.15, -0.1) is 0 Å². The van der Waals surface area contributed by atoms with E-state index in [9.17, 15) is 14.4 Å². The van der Waals surface area contributed by atoms with Gasteiger partial charge in [0.1, 0.15) is 11.9 Å². The van der Waals surface area contributed by atoms with Crippen LogP contribution in [-0.2, 0) is 16.0 Å². The molecule has 0 radical (unpaired) electrons. The molecular weight excluding hydrogens is 360 g/mol. The van der Waals surface area contributed by atoms with E-state index in [-0.39, 0.29) is 12.2 Å². The molecule has 0 aliphatic carbocycles. The summed E-state index contributed by atoms with van der Waals surface area (Å²) >= 11 is 0. The molecule has 9 heteroatoms. The number of nitrogens with one attached hydrogen (secondary N) is 1. The Balaban J connectivity index is 1.89. The first kappa shape index (κ1) is 18.9. The van der Waals surface area contributed by atoms with E-state index in [1.54, 1.807) is 60.4 Å². The molecule has 0 saturated heterocycles. The number of hydrogen-bond donors (Lipinski definition) is 2. The van der Waals surface area contributed by atoms with Crippen LogP contribution in [0.3, 0.4) is 0 Å². The number of aryl methyl sites for hydroxylation is 1. The smallest absolute Gasteiger partial charge is 0.288 e. The molecule has 3 aromatic heterocycles. The Morgan fingerprint density at radius 3 is 2.50 bits per heavy atom. The van der Waals surface area contributed by atoms with Crippen LogP contribution in [0.5, 0.6) is 0 Å². The summed E-state index contributed by atoms with van der Waals surface area (Å²) in [6.07, 6.45) is 6.33. The van der Waals surface area contributed by atoms with Crippen molar-refractivity contribution in [2.24, 2.45) is 5.73 Å². The zero-order valence-electron chi connectivity index (χ0n) is 15.1. The van der Waals surface area contributed by atoms with E-state index in [4.69, 9.17) is 5.73 Å². The van der Waals surface area contributed by atoms with Gasteiger partial charge in [0.05, 0.1) is 0 Å². The van der Waals surface area contributed by atoms with Gasteiger partial charge < -0.3 is 11.1 Å². The van der Waals surface area contributed by atoms with Crippen LogP contribution >= 0.6 is 0 Å². The lowest BCUT2D eigenvalue weighted by Gasteiger charge is -2.17.